The van der Waals surface area contributed by atoms with Crippen molar-refractivity contribution < 1.29 is 25.2 Å². The van der Waals surface area contributed by atoms with Crippen LogP contribution in [0.4, 0.5) is 0 Å². The van der Waals surface area contributed by atoms with E-state index in [1.807, 2.05) is 0 Å². The molecule has 0 aromatic heterocycles. The first kappa shape index (κ1) is 32.4. The molecule has 0 aromatic rings. The minimum absolute atomic E-state index is 0.0622. The molecule has 0 amide bonds. The van der Waals surface area contributed by atoms with Crippen LogP contribution in [-0.2, 0) is 4.79 Å². The van der Waals surface area contributed by atoms with Crippen LogP contribution in [0.5, 0.6) is 0 Å². The van der Waals surface area contributed by atoms with E-state index in [9.17, 15) is 20.1 Å². The summed E-state index contributed by atoms with van der Waals surface area (Å²) in [6.45, 7) is 1.48. The van der Waals surface area contributed by atoms with Crippen molar-refractivity contribution in [2.75, 3.05) is 19.8 Å². The molecule has 0 radical (unpaired) electrons. The van der Waals surface area contributed by atoms with Gasteiger partial charge in [-0.2, -0.15) is 0 Å². The average molecular weight is 473 g/mol. The number of aliphatic hydroxyl groups excluding tert-OH is 3. The lowest BCUT2D eigenvalue weighted by Crippen LogP contribution is -2.42. The molecule has 0 aliphatic rings. The molecule has 0 aliphatic heterocycles. The normalized spacial score (nSPS) is 12.8. The fourth-order valence-electron chi connectivity index (χ4n) is 4.98. The number of carbonyl (C=O) groups is 1. The number of hydrogen-bond donors (Lipinski definition) is 4. The summed E-state index contributed by atoms with van der Waals surface area (Å²) in [7, 11) is 0. The maximum Gasteiger partial charge on any atom is 0.307 e. The monoisotopic (exact) mass is 472 g/mol. The predicted molar refractivity (Wildman–Crippen MR) is 137 cm³/mol. The van der Waals surface area contributed by atoms with Gasteiger partial charge in [-0.1, -0.05) is 122 Å². The van der Waals surface area contributed by atoms with Crippen LogP contribution in [0.15, 0.2) is 0 Å². The number of rotatable bonds is 26. The quantitative estimate of drug-likeness (QED) is 0.103. The van der Waals surface area contributed by atoms with Crippen LogP contribution < -0.4 is 0 Å². The summed E-state index contributed by atoms with van der Waals surface area (Å²) < 4.78 is 0. The van der Waals surface area contributed by atoms with Crippen LogP contribution in [0.3, 0.4) is 0 Å². The SMILES string of the molecule is CCCCCCCCCCCCCCCCCCCCC(C(=O)O)C(CO)(CO)CCCO. The molecule has 0 bridgehead atoms. The van der Waals surface area contributed by atoms with Crippen LogP contribution in [0.25, 0.3) is 0 Å². The molecule has 0 heterocycles. The Morgan fingerprint density at radius 1 is 0.606 bits per heavy atom. The first-order valence-corrected chi connectivity index (χ1v) is 14.1. The van der Waals surface area contributed by atoms with E-state index in [0.29, 0.717) is 19.3 Å². The summed E-state index contributed by atoms with van der Waals surface area (Å²) in [5.74, 6) is -1.72. The number of carboxylic acid groups (broad SMARTS) is 1. The molecule has 1 atom stereocenters. The van der Waals surface area contributed by atoms with E-state index in [0.717, 1.165) is 19.3 Å². The van der Waals surface area contributed by atoms with Crippen molar-refractivity contribution in [1.29, 1.82) is 0 Å². The molecule has 1 unspecified atom stereocenters. The third-order valence-corrected chi connectivity index (χ3v) is 7.35. The molecule has 33 heavy (non-hydrogen) atoms. The third-order valence-electron chi connectivity index (χ3n) is 7.35. The van der Waals surface area contributed by atoms with Gasteiger partial charge in [0.2, 0.25) is 0 Å². The molecule has 5 heteroatoms. The lowest BCUT2D eigenvalue weighted by Gasteiger charge is -2.35. The first-order valence-electron chi connectivity index (χ1n) is 14.1. The largest absolute Gasteiger partial charge is 0.481 e. The van der Waals surface area contributed by atoms with E-state index in [2.05, 4.69) is 6.92 Å². The number of aliphatic carboxylic acids is 1. The van der Waals surface area contributed by atoms with Gasteiger partial charge >= 0.3 is 5.97 Å². The van der Waals surface area contributed by atoms with Gasteiger partial charge in [-0.25, -0.2) is 0 Å². The van der Waals surface area contributed by atoms with Crippen LogP contribution >= 0.6 is 0 Å². The smallest absolute Gasteiger partial charge is 0.307 e. The fourth-order valence-corrected chi connectivity index (χ4v) is 4.98. The van der Waals surface area contributed by atoms with E-state index in [1.165, 1.54) is 96.3 Å². The zero-order chi connectivity index (χ0) is 24.6. The molecule has 0 fully saturated rings. The highest BCUT2D eigenvalue weighted by Gasteiger charge is 2.41. The average Bonchev–Trinajstić information content (AvgIpc) is 2.82. The van der Waals surface area contributed by atoms with E-state index in [-0.39, 0.29) is 19.8 Å². The van der Waals surface area contributed by atoms with Crippen LogP contribution in [-0.4, -0.2) is 46.2 Å². The molecule has 0 aliphatic carbocycles. The van der Waals surface area contributed by atoms with Gasteiger partial charge in [0.1, 0.15) is 0 Å². The highest BCUT2D eigenvalue weighted by Crippen LogP contribution is 2.36. The van der Waals surface area contributed by atoms with Crippen molar-refractivity contribution in [3.05, 3.63) is 0 Å². The molecule has 0 saturated carbocycles. The van der Waals surface area contributed by atoms with Gasteiger partial charge in [0, 0.05) is 12.0 Å². The highest BCUT2D eigenvalue weighted by molar-refractivity contribution is 5.71. The van der Waals surface area contributed by atoms with Gasteiger partial charge in [0.15, 0.2) is 0 Å². The number of aliphatic hydroxyl groups is 3. The Morgan fingerprint density at radius 2 is 0.970 bits per heavy atom. The van der Waals surface area contributed by atoms with Gasteiger partial charge < -0.3 is 20.4 Å². The summed E-state index contributed by atoms with van der Waals surface area (Å²) in [6, 6.07) is 0. The molecule has 0 spiro atoms. The minimum atomic E-state index is -1.04. The Hall–Kier alpha value is -0.650. The van der Waals surface area contributed by atoms with E-state index < -0.39 is 17.3 Å². The van der Waals surface area contributed by atoms with Gasteiger partial charge in [0.05, 0.1) is 19.1 Å². The minimum Gasteiger partial charge on any atom is -0.481 e. The lowest BCUT2D eigenvalue weighted by molar-refractivity contribution is -0.151. The van der Waals surface area contributed by atoms with Crippen molar-refractivity contribution in [3.63, 3.8) is 0 Å². The number of carboxylic acids is 1. The zero-order valence-electron chi connectivity index (χ0n) is 21.7. The standard InChI is InChI=1S/C28H56O5/c1-2-3-4-5-6-7-8-9-10-11-12-13-14-15-16-17-18-19-21-26(27(32)33)28(24-30,25-31)22-20-23-29/h26,29-31H,2-25H2,1H3,(H,32,33). The molecular formula is C28H56O5. The lowest BCUT2D eigenvalue weighted by atomic mass is 9.71. The van der Waals surface area contributed by atoms with E-state index in [4.69, 9.17) is 5.11 Å². The van der Waals surface area contributed by atoms with Crippen molar-refractivity contribution in [2.45, 2.75) is 142 Å². The van der Waals surface area contributed by atoms with E-state index >= 15 is 0 Å². The Bertz CT molecular complexity index is 423. The number of unbranched alkanes of at least 4 members (excludes halogenated alkanes) is 17. The third kappa shape index (κ3) is 16.6. The van der Waals surface area contributed by atoms with Crippen molar-refractivity contribution in [3.8, 4) is 0 Å². The molecule has 0 rings (SSSR count). The van der Waals surface area contributed by atoms with Crippen molar-refractivity contribution in [1.82, 2.24) is 0 Å². The van der Waals surface area contributed by atoms with Gasteiger partial charge in [-0.3, -0.25) is 4.79 Å². The zero-order valence-corrected chi connectivity index (χ0v) is 21.7. The second-order valence-electron chi connectivity index (χ2n) is 10.2. The fraction of sp³-hybridized carbons (Fsp3) is 0.964. The molecule has 0 saturated heterocycles. The molecule has 4 N–H and O–H groups in total. The van der Waals surface area contributed by atoms with Gasteiger partial charge in [0.25, 0.3) is 0 Å². The Balaban J connectivity index is 3.67. The summed E-state index contributed by atoms with van der Waals surface area (Å²) >= 11 is 0. The summed E-state index contributed by atoms with van der Waals surface area (Å²) in [6.07, 6.45) is 24.5. The molecule has 198 valence electrons. The van der Waals surface area contributed by atoms with Crippen LogP contribution in [0, 0.1) is 11.3 Å². The number of hydrogen-bond acceptors (Lipinski definition) is 4. The molecule has 5 nitrogen and oxygen atoms in total. The topological polar surface area (TPSA) is 98.0 Å². The second-order valence-corrected chi connectivity index (χ2v) is 10.2. The van der Waals surface area contributed by atoms with Crippen LogP contribution in [0.1, 0.15) is 142 Å². The van der Waals surface area contributed by atoms with Gasteiger partial charge in [-0.05, 0) is 19.3 Å². The Morgan fingerprint density at radius 3 is 1.27 bits per heavy atom. The molecular weight excluding hydrogens is 416 g/mol. The maximum atomic E-state index is 11.8. The first-order chi connectivity index (χ1) is 16.1. The second kappa shape index (κ2) is 23.1. The molecule has 0 aromatic carbocycles. The summed E-state index contributed by atoms with van der Waals surface area (Å²) in [5, 5.41) is 38.2. The predicted octanol–water partition coefficient (Wildman–Crippen LogP) is 6.86. The van der Waals surface area contributed by atoms with Gasteiger partial charge in [-0.15, -0.1) is 0 Å². The van der Waals surface area contributed by atoms with Crippen LogP contribution in [0.2, 0.25) is 0 Å². The van der Waals surface area contributed by atoms with E-state index in [1.54, 1.807) is 0 Å². The Labute approximate surface area is 204 Å². The Kier molecular flexibility index (Phi) is 22.7. The summed E-state index contributed by atoms with van der Waals surface area (Å²) in [5.41, 5.74) is -1.04. The van der Waals surface area contributed by atoms with Crippen molar-refractivity contribution >= 4 is 5.97 Å². The van der Waals surface area contributed by atoms with Crippen molar-refractivity contribution in [2.24, 2.45) is 11.3 Å². The summed E-state index contributed by atoms with van der Waals surface area (Å²) in [4.78, 5) is 11.8. The maximum absolute atomic E-state index is 11.8. The highest BCUT2D eigenvalue weighted by atomic mass is 16.4.